The number of aromatic nitrogens is 1. The molecule has 1 amide bonds. The molecule has 0 aliphatic rings. The summed E-state index contributed by atoms with van der Waals surface area (Å²) in [6.07, 6.45) is 2.06. The molecule has 0 aliphatic heterocycles. The molecule has 6 heteroatoms. The number of hydrogen-bond acceptors (Lipinski definition) is 4. The van der Waals surface area contributed by atoms with E-state index in [9.17, 15) is 9.59 Å². The summed E-state index contributed by atoms with van der Waals surface area (Å²) in [5.41, 5.74) is 1.44. The lowest BCUT2D eigenvalue weighted by Gasteiger charge is -2.13. The van der Waals surface area contributed by atoms with Crippen LogP contribution in [0.15, 0.2) is 42.6 Å². The topological polar surface area (TPSA) is 88.5 Å². The number of carbonyl (C=O) groups is 2. The van der Waals surface area contributed by atoms with Crippen molar-refractivity contribution in [1.82, 2.24) is 10.3 Å². The zero-order chi connectivity index (χ0) is 17.5. The van der Waals surface area contributed by atoms with E-state index in [-0.39, 0.29) is 11.6 Å². The minimum absolute atomic E-state index is 0.0836. The van der Waals surface area contributed by atoms with Gasteiger partial charge < -0.3 is 15.2 Å². The smallest absolute Gasteiger partial charge is 0.354 e. The molecule has 0 fully saturated rings. The Hall–Kier alpha value is -2.89. The summed E-state index contributed by atoms with van der Waals surface area (Å²) in [7, 11) is 1.63. The molecule has 6 nitrogen and oxygen atoms in total. The maximum Gasteiger partial charge on any atom is 0.354 e. The number of methoxy groups -OCH3 is 1. The number of benzene rings is 1. The van der Waals surface area contributed by atoms with Crippen LogP contribution in [0.1, 0.15) is 45.7 Å². The van der Waals surface area contributed by atoms with Gasteiger partial charge in [-0.15, -0.1) is 0 Å². The van der Waals surface area contributed by atoms with Crippen LogP contribution >= 0.6 is 0 Å². The molecule has 1 aromatic carbocycles. The number of rotatable bonds is 7. The van der Waals surface area contributed by atoms with Crippen molar-refractivity contribution in [3.05, 3.63) is 59.4 Å². The van der Waals surface area contributed by atoms with Crippen LogP contribution in [-0.4, -0.2) is 35.6 Å². The second-order valence-corrected chi connectivity index (χ2v) is 5.46. The number of nitrogens with zero attached hydrogens (tertiary/aromatic N) is 1. The molecule has 1 aromatic heterocycles. The molecule has 2 rings (SSSR count). The van der Waals surface area contributed by atoms with Crippen LogP contribution in [0.2, 0.25) is 0 Å². The Labute approximate surface area is 140 Å². The molecule has 0 aliphatic carbocycles. The van der Waals surface area contributed by atoms with Gasteiger partial charge in [-0.05, 0) is 42.2 Å². The normalized spacial score (nSPS) is 11.6. The first kappa shape index (κ1) is 17.5. The van der Waals surface area contributed by atoms with Crippen molar-refractivity contribution in [1.29, 1.82) is 0 Å². The Kier molecular flexibility index (Phi) is 5.89. The summed E-state index contributed by atoms with van der Waals surface area (Å²) in [6.45, 7) is 2.61. The van der Waals surface area contributed by atoms with E-state index in [1.54, 1.807) is 7.11 Å². The molecule has 1 unspecified atom stereocenters. The first-order valence-electron chi connectivity index (χ1n) is 7.62. The molecule has 0 saturated carbocycles. The number of aromatic carboxylic acids is 1. The first-order valence-corrected chi connectivity index (χ1v) is 7.62. The van der Waals surface area contributed by atoms with Crippen LogP contribution in [0, 0.1) is 0 Å². The van der Waals surface area contributed by atoms with Crippen molar-refractivity contribution in [2.24, 2.45) is 0 Å². The van der Waals surface area contributed by atoms with Crippen LogP contribution in [-0.2, 0) is 0 Å². The van der Waals surface area contributed by atoms with E-state index in [0.29, 0.717) is 18.0 Å². The minimum Gasteiger partial charge on any atom is -0.497 e. The molecule has 2 N–H and O–H groups in total. The van der Waals surface area contributed by atoms with Gasteiger partial charge in [0.15, 0.2) is 0 Å². The lowest BCUT2D eigenvalue weighted by molar-refractivity contribution is 0.0689. The fraction of sp³-hybridized carbons (Fsp3) is 0.278. The van der Waals surface area contributed by atoms with E-state index >= 15 is 0 Å². The SMILES string of the molecule is COc1ccc(C(C)CCNC(=O)c2ccc(C(=O)O)nc2)cc1. The third-order valence-electron chi connectivity index (χ3n) is 3.79. The van der Waals surface area contributed by atoms with Gasteiger partial charge in [0.05, 0.1) is 12.7 Å². The number of ether oxygens (including phenoxy) is 1. The van der Waals surface area contributed by atoms with Crippen molar-refractivity contribution in [3.8, 4) is 5.75 Å². The maximum absolute atomic E-state index is 12.0. The van der Waals surface area contributed by atoms with Crippen molar-refractivity contribution >= 4 is 11.9 Å². The Bertz CT molecular complexity index is 696. The number of amides is 1. The number of pyridine rings is 1. The van der Waals surface area contributed by atoms with E-state index in [2.05, 4.69) is 17.2 Å². The molecule has 1 heterocycles. The van der Waals surface area contributed by atoms with Gasteiger partial charge in [0, 0.05) is 12.7 Å². The van der Waals surface area contributed by atoms with Gasteiger partial charge in [-0.1, -0.05) is 19.1 Å². The average molecular weight is 328 g/mol. The standard InChI is InChI=1S/C18H20N2O4/c1-12(13-3-6-15(24-2)7-4-13)9-10-19-17(21)14-5-8-16(18(22)23)20-11-14/h3-8,11-12H,9-10H2,1-2H3,(H,19,21)(H,22,23). The van der Waals surface area contributed by atoms with E-state index in [1.807, 2.05) is 24.3 Å². The highest BCUT2D eigenvalue weighted by Gasteiger charge is 2.10. The number of carboxylic acid groups (broad SMARTS) is 1. The predicted molar refractivity (Wildman–Crippen MR) is 89.6 cm³/mol. The van der Waals surface area contributed by atoms with Crippen LogP contribution in [0.3, 0.4) is 0 Å². The number of hydrogen-bond donors (Lipinski definition) is 2. The fourth-order valence-electron chi connectivity index (χ4n) is 2.26. The van der Waals surface area contributed by atoms with Gasteiger partial charge in [-0.2, -0.15) is 0 Å². The Morgan fingerprint density at radius 3 is 2.46 bits per heavy atom. The number of carboxylic acids is 1. The largest absolute Gasteiger partial charge is 0.497 e. The van der Waals surface area contributed by atoms with Crippen molar-refractivity contribution in [2.45, 2.75) is 19.3 Å². The van der Waals surface area contributed by atoms with Crippen LogP contribution < -0.4 is 10.1 Å². The zero-order valence-corrected chi connectivity index (χ0v) is 13.7. The molecule has 0 bridgehead atoms. The molecular formula is C18H20N2O4. The van der Waals surface area contributed by atoms with Crippen LogP contribution in [0.5, 0.6) is 5.75 Å². The lowest BCUT2D eigenvalue weighted by Crippen LogP contribution is -2.25. The summed E-state index contributed by atoms with van der Waals surface area (Å²) < 4.78 is 5.13. The summed E-state index contributed by atoms with van der Waals surface area (Å²) in [5.74, 6) is -0.267. The lowest BCUT2D eigenvalue weighted by atomic mass is 9.98. The molecule has 0 saturated heterocycles. The molecule has 24 heavy (non-hydrogen) atoms. The number of nitrogens with one attached hydrogen (secondary N) is 1. The summed E-state index contributed by atoms with van der Waals surface area (Å²) in [6, 6.07) is 10.6. The van der Waals surface area contributed by atoms with Gasteiger partial charge in [-0.25, -0.2) is 9.78 Å². The van der Waals surface area contributed by atoms with E-state index in [4.69, 9.17) is 9.84 Å². The first-order chi connectivity index (χ1) is 11.5. The third-order valence-corrected chi connectivity index (χ3v) is 3.79. The summed E-state index contributed by atoms with van der Waals surface area (Å²) >= 11 is 0. The Balaban J connectivity index is 1.83. The second kappa shape index (κ2) is 8.10. The summed E-state index contributed by atoms with van der Waals surface area (Å²) in [5, 5.41) is 11.6. The van der Waals surface area contributed by atoms with E-state index in [1.165, 1.54) is 23.9 Å². The predicted octanol–water partition coefficient (Wildman–Crippen LogP) is 2.71. The van der Waals surface area contributed by atoms with Crippen molar-refractivity contribution in [3.63, 3.8) is 0 Å². The fourth-order valence-corrected chi connectivity index (χ4v) is 2.26. The number of carbonyl (C=O) groups excluding carboxylic acids is 1. The van der Waals surface area contributed by atoms with Crippen molar-refractivity contribution in [2.75, 3.05) is 13.7 Å². The molecule has 0 spiro atoms. The monoisotopic (exact) mass is 328 g/mol. The minimum atomic E-state index is -1.12. The van der Waals surface area contributed by atoms with Gasteiger partial charge in [0.2, 0.25) is 0 Å². The van der Waals surface area contributed by atoms with Gasteiger partial charge >= 0.3 is 5.97 Å². The van der Waals surface area contributed by atoms with Gasteiger partial charge in [-0.3, -0.25) is 4.79 Å². The Morgan fingerprint density at radius 1 is 1.21 bits per heavy atom. The van der Waals surface area contributed by atoms with Gasteiger partial charge in [0.25, 0.3) is 5.91 Å². The van der Waals surface area contributed by atoms with E-state index < -0.39 is 5.97 Å². The third kappa shape index (κ3) is 4.55. The average Bonchev–Trinajstić information content (AvgIpc) is 2.61. The highest BCUT2D eigenvalue weighted by atomic mass is 16.5. The molecule has 126 valence electrons. The van der Waals surface area contributed by atoms with Crippen LogP contribution in [0.25, 0.3) is 0 Å². The Morgan fingerprint density at radius 2 is 1.92 bits per heavy atom. The van der Waals surface area contributed by atoms with Crippen LogP contribution in [0.4, 0.5) is 0 Å². The molecule has 1 atom stereocenters. The highest BCUT2D eigenvalue weighted by molar-refractivity contribution is 5.94. The zero-order valence-electron chi connectivity index (χ0n) is 13.7. The molecular weight excluding hydrogens is 308 g/mol. The summed E-state index contributed by atoms with van der Waals surface area (Å²) in [4.78, 5) is 26.5. The quantitative estimate of drug-likeness (QED) is 0.816. The van der Waals surface area contributed by atoms with Gasteiger partial charge in [0.1, 0.15) is 11.4 Å². The van der Waals surface area contributed by atoms with E-state index in [0.717, 1.165) is 12.2 Å². The molecule has 0 radical (unpaired) electrons. The van der Waals surface area contributed by atoms with Crippen molar-refractivity contribution < 1.29 is 19.4 Å². The maximum atomic E-state index is 12.0. The molecule has 2 aromatic rings. The highest BCUT2D eigenvalue weighted by Crippen LogP contribution is 2.21. The second-order valence-electron chi connectivity index (χ2n) is 5.46.